The summed E-state index contributed by atoms with van der Waals surface area (Å²) in [5.74, 6) is -5.21. The summed E-state index contributed by atoms with van der Waals surface area (Å²) in [7, 11) is 1.76. The van der Waals surface area contributed by atoms with Crippen molar-refractivity contribution in [3.8, 4) is 11.4 Å². The Bertz CT molecular complexity index is 2240. The summed E-state index contributed by atoms with van der Waals surface area (Å²) in [5, 5.41) is 10.6. The number of nitrogens with zero attached hydrogens (tertiary/aromatic N) is 4. The first kappa shape index (κ1) is 32.5. The van der Waals surface area contributed by atoms with Crippen molar-refractivity contribution in [2.45, 2.75) is 63.8 Å². The maximum Gasteiger partial charge on any atom is 0.262 e. The van der Waals surface area contributed by atoms with E-state index >= 15 is 0 Å². The van der Waals surface area contributed by atoms with Gasteiger partial charge in [-0.2, -0.15) is 5.10 Å². The molecule has 268 valence electrons. The topological polar surface area (TPSA) is 152 Å². The number of carbonyl (C=O) groups excluding carboxylic acids is 5. The highest BCUT2D eigenvalue weighted by Gasteiger charge is 2.78. The minimum Gasteiger partial charge on any atom is -0.371 e. The van der Waals surface area contributed by atoms with E-state index in [4.69, 9.17) is 0 Å². The lowest BCUT2D eigenvalue weighted by molar-refractivity contribution is -0.136. The Morgan fingerprint density at radius 3 is 2.65 bits per heavy atom. The minimum absolute atomic E-state index is 0.0189. The number of rotatable bonds is 7. The second-order valence-electron chi connectivity index (χ2n) is 15.2. The van der Waals surface area contributed by atoms with Crippen LogP contribution in [0.2, 0.25) is 0 Å². The second-order valence-corrected chi connectivity index (χ2v) is 15.2. The van der Waals surface area contributed by atoms with Crippen molar-refractivity contribution in [1.29, 1.82) is 0 Å². The summed E-state index contributed by atoms with van der Waals surface area (Å²) in [4.78, 5) is 71.9. The Morgan fingerprint density at radius 2 is 1.85 bits per heavy atom. The number of nitrogens with one attached hydrogen (secondary N) is 3. The molecular formula is C38H37F2N7O5. The number of fused-ring (bicyclic) bond motifs is 4. The van der Waals surface area contributed by atoms with Gasteiger partial charge in [-0.3, -0.25) is 39.3 Å². The third-order valence-electron chi connectivity index (χ3n) is 12.3. The lowest BCUT2D eigenvalue weighted by Crippen LogP contribution is -2.54. The average Bonchev–Trinajstić information content (AvgIpc) is 3.78. The number of alkyl halides is 2. The fourth-order valence-corrected chi connectivity index (χ4v) is 8.88. The molecule has 4 aromatic rings. The van der Waals surface area contributed by atoms with E-state index in [-0.39, 0.29) is 42.2 Å². The van der Waals surface area contributed by atoms with E-state index in [9.17, 15) is 32.8 Å². The van der Waals surface area contributed by atoms with E-state index in [0.717, 1.165) is 57.1 Å². The fraction of sp³-hybridized carbons (Fsp3) is 0.421. The van der Waals surface area contributed by atoms with E-state index < -0.39 is 46.9 Å². The quantitative estimate of drug-likeness (QED) is 0.238. The van der Waals surface area contributed by atoms with Gasteiger partial charge in [-0.15, -0.1) is 0 Å². The largest absolute Gasteiger partial charge is 0.371 e. The second kappa shape index (κ2) is 11.3. The Hall–Kier alpha value is -5.40. The molecule has 0 spiro atoms. The van der Waals surface area contributed by atoms with Crippen LogP contribution in [0, 0.1) is 17.3 Å². The molecule has 2 aromatic carbocycles. The first-order valence-electron chi connectivity index (χ1n) is 17.8. The average molecular weight is 710 g/mol. The van der Waals surface area contributed by atoms with Crippen LogP contribution in [0.5, 0.6) is 0 Å². The smallest absolute Gasteiger partial charge is 0.262 e. The normalized spacial score (nSPS) is 26.0. The molecule has 9 rings (SSSR count). The van der Waals surface area contributed by atoms with Gasteiger partial charge in [-0.05, 0) is 68.0 Å². The summed E-state index contributed by atoms with van der Waals surface area (Å²) in [5.41, 5.74) is 4.90. The van der Waals surface area contributed by atoms with E-state index in [1.807, 2.05) is 30.3 Å². The van der Waals surface area contributed by atoms with Gasteiger partial charge in [0.05, 0.1) is 16.8 Å². The number of amides is 5. The molecule has 5 aliphatic rings. The summed E-state index contributed by atoms with van der Waals surface area (Å²) in [6, 6.07) is 11.8. The molecule has 2 aliphatic carbocycles. The molecule has 52 heavy (non-hydrogen) atoms. The van der Waals surface area contributed by atoms with Crippen LogP contribution in [0.15, 0.2) is 42.5 Å². The van der Waals surface area contributed by atoms with Gasteiger partial charge in [0.25, 0.3) is 17.7 Å². The van der Waals surface area contributed by atoms with E-state index in [0.29, 0.717) is 31.5 Å². The number of aromatic nitrogens is 3. The molecule has 1 unspecified atom stereocenters. The van der Waals surface area contributed by atoms with E-state index in [1.54, 1.807) is 31.0 Å². The zero-order valence-electron chi connectivity index (χ0n) is 28.7. The third-order valence-corrected chi connectivity index (χ3v) is 12.3. The molecule has 3 aliphatic heterocycles. The van der Waals surface area contributed by atoms with Gasteiger partial charge in [-0.1, -0.05) is 13.0 Å². The zero-order chi connectivity index (χ0) is 36.3. The molecule has 14 heteroatoms. The number of anilines is 2. The molecule has 5 heterocycles. The minimum atomic E-state index is -2.66. The van der Waals surface area contributed by atoms with Crippen LogP contribution in [-0.4, -0.2) is 81.7 Å². The van der Waals surface area contributed by atoms with Crippen LogP contribution < -0.4 is 15.1 Å². The summed E-state index contributed by atoms with van der Waals surface area (Å²) in [6.07, 6.45) is 2.65. The number of piperidine rings is 1. The van der Waals surface area contributed by atoms with Gasteiger partial charge in [0, 0.05) is 84.3 Å². The first-order valence-corrected chi connectivity index (χ1v) is 17.8. The molecule has 5 amide bonds. The summed E-state index contributed by atoms with van der Waals surface area (Å²) < 4.78 is 28.9. The number of aromatic amines is 2. The summed E-state index contributed by atoms with van der Waals surface area (Å²) in [6.45, 7) is 3.08. The third kappa shape index (κ3) is 4.82. The van der Waals surface area contributed by atoms with Crippen LogP contribution in [-0.2, 0) is 27.2 Å². The van der Waals surface area contributed by atoms with Crippen molar-refractivity contribution in [3.05, 3.63) is 64.8 Å². The Morgan fingerprint density at radius 1 is 1.04 bits per heavy atom. The molecule has 1 saturated carbocycles. The highest BCUT2D eigenvalue weighted by Crippen LogP contribution is 2.70. The van der Waals surface area contributed by atoms with Gasteiger partial charge < -0.3 is 14.8 Å². The highest BCUT2D eigenvalue weighted by molar-refractivity contribution is 6.23. The van der Waals surface area contributed by atoms with Crippen molar-refractivity contribution in [3.63, 3.8) is 0 Å². The van der Waals surface area contributed by atoms with Crippen LogP contribution >= 0.6 is 0 Å². The highest BCUT2D eigenvalue weighted by atomic mass is 19.3. The molecular weight excluding hydrogens is 672 g/mol. The molecule has 3 fully saturated rings. The maximum absolute atomic E-state index is 14.5. The van der Waals surface area contributed by atoms with Gasteiger partial charge >= 0.3 is 0 Å². The van der Waals surface area contributed by atoms with Gasteiger partial charge in [0.1, 0.15) is 11.7 Å². The molecule has 0 bridgehead atoms. The lowest BCUT2D eigenvalue weighted by atomic mass is 9.87. The van der Waals surface area contributed by atoms with Gasteiger partial charge in [0.2, 0.25) is 17.7 Å². The maximum atomic E-state index is 14.5. The standard InChI is InChI=1S/C38H37F2N7O5/c1-37-17-28-25(16-30(37)38(37,39)40)33(44-43-28)27-13-20-4-5-21(15-26(20)41-27)45(2)32(49)10-3-19-11-12-46(18-19)22-6-7-23-24(14-22)36(52)47(35(23)51)29-8-9-31(48)42-34(29)50/h4-7,13-15,19,29-30,41H,3,8-12,16-18H2,1-2H3,(H,43,44)(H,42,48,50)/t19-,29?,30-,37+/m0/s1. The molecule has 2 saturated heterocycles. The first-order chi connectivity index (χ1) is 24.8. The number of halogens is 2. The van der Waals surface area contributed by atoms with Gasteiger partial charge in [-0.25, -0.2) is 8.78 Å². The number of benzene rings is 2. The van der Waals surface area contributed by atoms with Crippen LogP contribution in [0.25, 0.3) is 22.3 Å². The molecule has 2 aromatic heterocycles. The monoisotopic (exact) mass is 709 g/mol. The van der Waals surface area contributed by atoms with Gasteiger partial charge in [0.15, 0.2) is 0 Å². The van der Waals surface area contributed by atoms with Crippen molar-refractivity contribution in [2.24, 2.45) is 17.3 Å². The predicted octanol–water partition coefficient (Wildman–Crippen LogP) is 4.60. The number of H-pyrrole nitrogens is 2. The Balaban J connectivity index is 0.824. The van der Waals surface area contributed by atoms with Crippen LogP contribution in [0.4, 0.5) is 20.2 Å². The Kier molecular flexibility index (Phi) is 7.06. The van der Waals surface area contributed by atoms with E-state index in [1.165, 1.54) is 0 Å². The van der Waals surface area contributed by atoms with Crippen molar-refractivity contribution in [2.75, 3.05) is 29.9 Å². The van der Waals surface area contributed by atoms with E-state index in [2.05, 4.69) is 25.4 Å². The van der Waals surface area contributed by atoms with Crippen molar-refractivity contribution >= 4 is 51.8 Å². The fourth-order valence-electron chi connectivity index (χ4n) is 8.88. The lowest BCUT2D eigenvalue weighted by Gasteiger charge is -2.27. The number of hydrogen-bond acceptors (Lipinski definition) is 7. The van der Waals surface area contributed by atoms with Crippen LogP contribution in [0.1, 0.15) is 71.0 Å². The van der Waals surface area contributed by atoms with Crippen molar-refractivity contribution < 1.29 is 32.8 Å². The molecule has 0 radical (unpaired) electrons. The molecule has 3 N–H and O–H groups in total. The number of carbonyl (C=O) groups is 5. The zero-order valence-corrected chi connectivity index (χ0v) is 28.7. The Labute approximate surface area is 296 Å². The predicted molar refractivity (Wildman–Crippen MR) is 186 cm³/mol. The summed E-state index contributed by atoms with van der Waals surface area (Å²) >= 11 is 0. The molecule has 4 atom stereocenters. The van der Waals surface area contributed by atoms with Crippen molar-refractivity contribution in [1.82, 2.24) is 25.4 Å². The SMILES string of the molecule is CN(C(=O)CC[C@H]1CCN(c2ccc3c(c2)C(=O)N(C2CCC(=O)NC2=O)C3=O)C1)c1ccc2cc(-c3n[nH]c4c3C[C@@H]3C(F)(F)[C@]3(C)C4)[nH]c2c1. The number of hydrogen-bond donors (Lipinski definition) is 3. The van der Waals surface area contributed by atoms with Crippen LogP contribution in [0.3, 0.4) is 0 Å². The number of imide groups is 2. The molecule has 12 nitrogen and oxygen atoms in total.